The first-order chi connectivity index (χ1) is 17.0. The fourth-order valence-corrected chi connectivity index (χ4v) is 3.55. The lowest BCUT2D eigenvalue weighted by molar-refractivity contribution is -0.111. The number of rotatable bonds is 9. The average Bonchev–Trinajstić information content (AvgIpc) is 3.29. The van der Waals surface area contributed by atoms with E-state index < -0.39 is 0 Å². The molecule has 0 spiro atoms. The molecule has 0 aliphatic rings. The molecule has 4 rings (SSSR count). The minimum absolute atomic E-state index is 0.275. The van der Waals surface area contributed by atoms with Gasteiger partial charge in [0.1, 0.15) is 23.9 Å². The summed E-state index contributed by atoms with van der Waals surface area (Å²) in [5.41, 5.74) is 3.87. The van der Waals surface area contributed by atoms with Crippen molar-refractivity contribution >= 4 is 17.7 Å². The Kier molecular flexibility index (Phi) is 7.57. The molecular weight excluding hydrogens is 445 g/mol. The van der Waals surface area contributed by atoms with Crippen LogP contribution in [0.4, 0.5) is 10.1 Å². The summed E-state index contributed by atoms with van der Waals surface area (Å²) in [7, 11) is 1.61. The molecule has 0 saturated heterocycles. The second-order valence-electron chi connectivity index (χ2n) is 8.02. The van der Waals surface area contributed by atoms with E-state index in [1.54, 1.807) is 42.3 Å². The molecule has 4 aromatic rings. The highest BCUT2D eigenvalue weighted by Crippen LogP contribution is 2.23. The van der Waals surface area contributed by atoms with E-state index in [0.717, 1.165) is 22.4 Å². The molecule has 0 radical (unpaired) electrons. The highest BCUT2D eigenvalue weighted by atomic mass is 19.1. The monoisotopic (exact) mass is 471 g/mol. The number of benzene rings is 3. The Hall–Kier alpha value is -4.39. The van der Waals surface area contributed by atoms with E-state index in [2.05, 4.69) is 10.4 Å². The van der Waals surface area contributed by atoms with Crippen molar-refractivity contribution in [2.45, 2.75) is 20.1 Å². The van der Waals surface area contributed by atoms with E-state index in [1.807, 2.05) is 49.4 Å². The first kappa shape index (κ1) is 23.8. The van der Waals surface area contributed by atoms with Gasteiger partial charge in [0.25, 0.3) is 0 Å². The average molecular weight is 472 g/mol. The van der Waals surface area contributed by atoms with Crippen molar-refractivity contribution in [2.75, 3.05) is 12.4 Å². The van der Waals surface area contributed by atoms with Gasteiger partial charge in [-0.15, -0.1) is 0 Å². The smallest absolute Gasteiger partial charge is 0.248 e. The Morgan fingerprint density at radius 1 is 1.09 bits per heavy atom. The number of nitrogens with one attached hydrogen (secondary N) is 1. The molecule has 0 unspecified atom stereocenters. The number of carbonyl (C=O) groups is 1. The molecule has 6 nitrogen and oxygen atoms in total. The van der Waals surface area contributed by atoms with Crippen LogP contribution < -0.4 is 14.8 Å². The molecule has 0 aliphatic carbocycles. The number of methoxy groups -OCH3 is 1. The van der Waals surface area contributed by atoms with E-state index in [0.29, 0.717) is 23.6 Å². The van der Waals surface area contributed by atoms with Crippen molar-refractivity contribution in [1.82, 2.24) is 9.78 Å². The van der Waals surface area contributed by atoms with Crippen LogP contribution in [0.5, 0.6) is 11.5 Å². The van der Waals surface area contributed by atoms with Gasteiger partial charge in [-0.25, -0.2) is 4.39 Å². The van der Waals surface area contributed by atoms with E-state index in [4.69, 9.17) is 9.47 Å². The molecule has 1 heterocycles. The van der Waals surface area contributed by atoms with Gasteiger partial charge in [0.05, 0.1) is 25.5 Å². The molecule has 7 heteroatoms. The molecule has 1 aromatic heterocycles. The normalized spacial score (nSPS) is 10.9. The number of ether oxygens (including phenoxy) is 2. The Bertz CT molecular complexity index is 1350. The number of nitrogens with zero attached hydrogens (tertiary/aromatic N) is 2. The van der Waals surface area contributed by atoms with Crippen LogP contribution in [0.3, 0.4) is 0 Å². The van der Waals surface area contributed by atoms with Crippen LogP contribution in [0.15, 0.2) is 85.2 Å². The Labute approximate surface area is 203 Å². The fourth-order valence-electron chi connectivity index (χ4n) is 3.55. The quantitative estimate of drug-likeness (QED) is 0.322. The van der Waals surface area contributed by atoms with Crippen molar-refractivity contribution in [1.29, 1.82) is 0 Å². The van der Waals surface area contributed by atoms with Gasteiger partial charge in [0.2, 0.25) is 5.91 Å². The van der Waals surface area contributed by atoms with Crippen molar-refractivity contribution in [3.8, 4) is 11.5 Å². The van der Waals surface area contributed by atoms with E-state index in [9.17, 15) is 9.18 Å². The third kappa shape index (κ3) is 6.57. The predicted molar refractivity (Wildman–Crippen MR) is 134 cm³/mol. The standard InChI is InChI=1S/C28H26FN3O3/c1-20-6-5-8-25(14-20)35-19-23-15-21(10-12-27(23)34-2)11-13-28(33)31-24-16-30-32(18-24)17-22-7-3-4-9-26(22)29/h3-16,18H,17,19H2,1-2H3,(H,31,33)/b13-11+. The molecule has 0 bridgehead atoms. The minimum Gasteiger partial charge on any atom is -0.496 e. The summed E-state index contributed by atoms with van der Waals surface area (Å²) in [5, 5.41) is 6.96. The minimum atomic E-state index is -0.302. The molecule has 0 atom stereocenters. The van der Waals surface area contributed by atoms with Gasteiger partial charge in [-0.05, 0) is 54.5 Å². The second-order valence-corrected chi connectivity index (χ2v) is 8.02. The van der Waals surface area contributed by atoms with Crippen LogP contribution in [0.25, 0.3) is 6.08 Å². The Balaban J connectivity index is 1.37. The zero-order valence-electron chi connectivity index (χ0n) is 19.6. The highest BCUT2D eigenvalue weighted by Gasteiger charge is 2.07. The summed E-state index contributed by atoms with van der Waals surface area (Å²) in [6.45, 7) is 2.62. The lowest BCUT2D eigenvalue weighted by atomic mass is 10.1. The number of hydrogen-bond donors (Lipinski definition) is 1. The van der Waals surface area contributed by atoms with Crippen LogP contribution in [0.1, 0.15) is 22.3 Å². The SMILES string of the molecule is COc1ccc(/C=C/C(=O)Nc2cnn(Cc3ccccc3F)c2)cc1COc1cccc(C)c1. The van der Waals surface area contributed by atoms with Crippen LogP contribution in [0, 0.1) is 12.7 Å². The molecule has 178 valence electrons. The van der Waals surface area contributed by atoms with Crippen molar-refractivity contribution < 1.29 is 18.7 Å². The topological polar surface area (TPSA) is 65.4 Å². The molecule has 1 amide bonds. The Morgan fingerprint density at radius 2 is 1.94 bits per heavy atom. The number of halogens is 1. The first-order valence-corrected chi connectivity index (χ1v) is 11.1. The number of aryl methyl sites for hydroxylation is 1. The summed E-state index contributed by atoms with van der Waals surface area (Å²) in [5.74, 6) is 0.896. The zero-order chi connectivity index (χ0) is 24.6. The first-order valence-electron chi connectivity index (χ1n) is 11.1. The van der Waals surface area contributed by atoms with E-state index >= 15 is 0 Å². The second kappa shape index (κ2) is 11.2. The lowest BCUT2D eigenvalue weighted by Gasteiger charge is -2.11. The van der Waals surface area contributed by atoms with Gasteiger partial charge >= 0.3 is 0 Å². The van der Waals surface area contributed by atoms with Crippen LogP contribution in [-0.2, 0) is 17.9 Å². The van der Waals surface area contributed by atoms with Crippen molar-refractivity contribution in [2.24, 2.45) is 0 Å². The summed E-state index contributed by atoms with van der Waals surface area (Å²) >= 11 is 0. The number of aromatic nitrogens is 2. The van der Waals surface area contributed by atoms with Crippen LogP contribution in [0.2, 0.25) is 0 Å². The van der Waals surface area contributed by atoms with Gasteiger partial charge < -0.3 is 14.8 Å². The largest absolute Gasteiger partial charge is 0.496 e. The van der Waals surface area contributed by atoms with Crippen LogP contribution in [-0.4, -0.2) is 22.8 Å². The molecule has 0 aliphatic heterocycles. The maximum Gasteiger partial charge on any atom is 0.248 e. The van der Waals surface area contributed by atoms with Gasteiger partial charge in [0.15, 0.2) is 0 Å². The van der Waals surface area contributed by atoms with E-state index in [-0.39, 0.29) is 18.3 Å². The van der Waals surface area contributed by atoms with Gasteiger partial charge in [-0.3, -0.25) is 9.48 Å². The highest BCUT2D eigenvalue weighted by molar-refractivity contribution is 6.01. The molecular formula is C28H26FN3O3. The summed E-state index contributed by atoms with van der Waals surface area (Å²) in [6, 6.07) is 20.0. The summed E-state index contributed by atoms with van der Waals surface area (Å²) in [6.07, 6.45) is 6.35. The molecule has 1 N–H and O–H groups in total. The number of carbonyl (C=O) groups excluding carboxylic acids is 1. The maximum absolute atomic E-state index is 13.8. The summed E-state index contributed by atoms with van der Waals surface area (Å²) < 4.78 is 26.8. The molecule has 35 heavy (non-hydrogen) atoms. The molecule has 0 saturated carbocycles. The number of anilines is 1. The number of amides is 1. The van der Waals surface area contributed by atoms with E-state index in [1.165, 1.54) is 18.3 Å². The maximum atomic E-state index is 13.8. The van der Waals surface area contributed by atoms with Crippen molar-refractivity contribution in [3.63, 3.8) is 0 Å². The summed E-state index contributed by atoms with van der Waals surface area (Å²) in [4.78, 5) is 12.4. The van der Waals surface area contributed by atoms with Gasteiger partial charge in [-0.1, -0.05) is 36.4 Å². The Morgan fingerprint density at radius 3 is 2.74 bits per heavy atom. The molecule has 0 fully saturated rings. The number of hydrogen-bond acceptors (Lipinski definition) is 4. The van der Waals surface area contributed by atoms with Gasteiger partial charge in [-0.2, -0.15) is 5.10 Å². The van der Waals surface area contributed by atoms with Gasteiger partial charge in [0, 0.05) is 23.4 Å². The molecule has 3 aromatic carbocycles. The predicted octanol–water partition coefficient (Wildman–Crippen LogP) is 5.62. The lowest BCUT2D eigenvalue weighted by Crippen LogP contribution is -2.07. The third-order valence-corrected chi connectivity index (χ3v) is 5.31. The van der Waals surface area contributed by atoms with Crippen LogP contribution >= 0.6 is 0 Å². The van der Waals surface area contributed by atoms with Crippen molar-refractivity contribution in [3.05, 3.63) is 113 Å². The zero-order valence-corrected chi connectivity index (χ0v) is 19.6. The third-order valence-electron chi connectivity index (χ3n) is 5.31. The fraction of sp³-hybridized carbons (Fsp3) is 0.143.